The maximum absolute atomic E-state index is 13.2. The molecule has 0 saturated heterocycles. The number of aromatic nitrogens is 2. The second-order valence-corrected chi connectivity index (χ2v) is 4.27. The molecule has 0 bridgehead atoms. The summed E-state index contributed by atoms with van der Waals surface area (Å²) in [7, 11) is 0. The highest BCUT2D eigenvalue weighted by Gasteiger charge is 2.05. The Morgan fingerprint density at radius 1 is 1.21 bits per heavy atom. The van der Waals surface area contributed by atoms with Crippen LogP contribution in [0.5, 0.6) is 0 Å². The van der Waals surface area contributed by atoms with Crippen molar-refractivity contribution < 1.29 is 4.39 Å². The maximum Gasteiger partial charge on any atom is 0.145 e. The predicted octanol–water partition coefficient (Wildman–Crippen LogP) is 2.86. The van der Waals surface area contributed by atoms with Crippen LogP contribution >= 0.6 is 11.6 Å². The number of hydrogen-bond acceptors (Lipinski definition) is 5. The number of nitrogen functional groups attached to an aromatic ring is 1. The largest absolute Gasteiger partial charge is 0.340 e. The van der Waals surface area contributed by atoms with E-state index in [-0.39, 0.29) is 0 Å². The third-order valence-corrected chi connectivity index (χ3v) is 2.59. The van der Waals surface area contributed by atoms with Crippen LogP contribution in [0.4, 0.5) is 21.7 Å². The zero-order valence-corrected chi connectivity index (χ0v) is 11.0. The van der Waals surface area contributed by atoms with Crippen molar-refractivity contribution in [3.8, 4) is 0 Å². The smallest absolute Gasteiger partial charge is 0.145 e. The number of nitrogens with zero attached hydrogens (tertiary/aromatic N) is 2. The van der Waals surface area contributed by atoms with Crippen LogP contribution in [0.2, 0.25) is 5.02 Å². The Kier molecular flexibility index (Phi) is 4.13. The molecular formula is C12H13ClFN5. The Balaban J connectivity index is 2.31. The highest BCUT2D eigenvalue weighted by Crippen LogP contribution is 2.22. The van der Waals surface area contributed by atoms with E-state index in [1.54, 1.807) is 12.1 Å². The van der Waals surface area contributed by atoms with Crippen molar-refractivity contribution in [2.24, 2.45) is 5.84 Å². The lowest BCUT2D eigenvalue weighted by Crippen LogP contribution is -2.11. The summed E-state index contributed by atoms with van der Waals surface area (Å²) in [5.41, 5.74) is 2.97. The SMILES string of the molecule is CCc1nc(NN)cc(Nc2cc(F)cc(Cl)c2)n1. The molecule has 0 amide bonds. The minimum Gasteiger partial charge on any atom is -0.340 e. The van der Waals surface area contributed by atoms with Gasteiger partial charge in [-0.15, -0.1) is 0 Å². The van der Waals surface area contributed by atoms with Gasteiger partial charge in [0.05, 0.1) is 0 Å². The van der Waals surface area contributed by atoms with Gasteiger partial charge in [-0.25, -0.2) is 20.2 Å². The van der Waals surface area contributed by atoms with E-state index in [4.69, 9.17) is 17.4 Å². The second-order valence-electron chi connectivity index (χ2n) is 3.84. The van der Waals surface area contributed by atoms with Crippen molar-refractivity contribution in [1.29, 1.82) is 0 Å². The first-order chi connectivity index (χ1) is 9.10. The Labute approximate surface area is 115 Å². The molecule has 0 spiro atoms. The summed E-state index contributed by atoms with van der Waals surface area (Å²) in [5, 5.41) is 3.27. The molecule has 5 nitrogen and oxygen atoms in total. The molecule has 2 aromatic rings. The number of benzene rings is 1. The molecule has 0 aliphatic carbocycles. The lowest BCUT2D eigenvalue weighted by Gasteiger charge is -2.09. The third-order valence-electron chi connectivity index (χ3n) is 2.37. The minimum absolute atomic E-state index is 0.310. The standard InChI is InChI=1S/C12H13ClFN5/c1-2-10-17-11(6-12(18-10)19-15)16-9-4-7(13)3-8(14)5-9/h3-6H,2,15H2,1H3,(H2,16,17,18,19). The first-order valence-electron chi connectivity index (χ1n) is 5.68. The first-order valence-corrected chi connectivity index (χ1v) is 6.06. The molecule has 0 fully saturated rings. The summed E-state index contributed by atoms with van der Waals surface area (Å²) in [4.78, 5) is 8.43. The Hall–Kier alpha value is -1.92. The van der Waals surface area contributed by atoms with Crippen molar-refractivity contribution in [2.45, 2.75) is 13.3 Å². The zero-order valence-electron chi connectivity index (χ0n) is 10.2. The normalized spacial score (nSPS) is 10.3. The lowest BCUT2D eigenvalue weighted by atomic mass is 10.3. The molecule has 0 aliphatic rings. The molecular weight excluding hydrogens is 269 g/mol. The van der Waals surface area contributed by atoms with E-state index in [1.807, 2.05) is 6.92 Å². The van der Waals surface area contributed by atoms with Gasteiger partial charge in [-0.2, -0.15) is 0 Å². The highest BCUT2D eigenvalue weighted by atomic mass is 35.5. The number of nitrogens with two attached hydrogens (primary N) is 1. The summed E-state index contributed by atoms with van der Waals surface area (Å²) >= 11 is 5.79. The van der Waals surface area contributed by atoms with Gasteiger partial charge >= 0.3 is 0 Å². The number of nitrogens with one attached hydrogen (secondary N) is 2. The van der Waals surface area contributed by atoms with Gasteiger partial charge in [-0.3, -0.25) is 0 Å². The van der Waals surface area contributed by atoms with Gasteiger partial charge < -0.3 is 10.7 Å². The summed E-state index contributed by atoms with van der Waals surface area (Å²) in [6, 6.07) is 5.79. The Bertz CT molecular complexity index is 548. The molecule has 0 unspecified atom stereocenters. The Morgan fingerprint density at radius 2 is 1.95 bits per heavy atom. The van der Waals surface area contributed by atoms with Gasteiger partial charge in [0, 0.05) is 23.2 Å². The van der Waals surface area contributed by atoms with Gasteiger partial charge in [-0.05, 0) is 18.2 Å². The predicted molar refractivity (Wildman–Crippen MR) is 73.9 cm³/mol. The van der Waals surface area contributed by atoms with Crippen molar-refractivity contribution in [2.75, 3.05) is 10.7 Å². The van der Waals surface area contributed by atoms with Crippen molar-refractivity contribution in [1.82, 2.24) is 9.97 Å². The molecule has 100 valence electrons. The van der Waals surface area contributed by atoms with Crippen LogP contribution in [0.25, 0.3) is 0 Å². The van der Waals surface area contributed by atoms with E-state index < -0.39 is 5.82 Å². The van der Waals surface area contributed by atoms with Crippen molar-refractivity contribution >= 4 is 28.9 Å². The molecule has 0 aliphatic heterocycles. The van der Waals surface area contributed by atoms with E-state index in [9.17, 15) is 4.39 Å². The quantitative estimate of drug-likeness (QED) is 0.593. The molecule has 0 radical (unpaired) electrons. The molecule has 1 aromatic carbocycles. The van der Waals surface area contributed by atoms with Crippen LogP contribution in [-0.2, 0) is 6.42 Å². The van der Waals surface area contributed by atoms with Crippen LogP contribution in [0.15, 0.2) is 24.3 Å². The average Bonchev–Trinajstić information content (AvgIpc) is 2.37. The fourth-order valence-electron chi connectivity index (χ4n) is 1.57. The van der Waals surface area contributed by atoms with Crippen LogP contribution < -0.4 is 16.6 Å². The van der Waals surface area contributed by atoms with Gasteiger partial charge in [0.2, 0.25) is 0 Å². The van der Waals surface area contributed by atoms with Gasteiger partial charge in [-0.1, -0.05) is 18.5 Å². The lowest BCUT2D eigenvalue weighted by molar-refractivity contribution is 0.628. The molecule has 1 heterocycles. The fourth-order valence-corrected chi connectivity index (χ4v) is 1.79. The monoisotopic (exact) mass is 281 g/mol. The summed E-state index contributed by atoms with van der Waals surface area (Å²) < 4.78 is 13.2. The number of rotatable bonds is 4. The fraction of sp³-hybridized carbons (Fsp3) is 0.167. The van der Waals surface area contributed by atoms with Gasteiger partial charge in [0.15, 0.2) is 0 Å². The van der Waals surface area contributed by atoms with Crippen LogP contribution in [0.1, 0.15) is 12.7 Å². The van der Waals surface area contributed by atoms with Crippen LogP contribution in [0.3, 0.4) is 0 Å². The van der Waals surface area contributed by atoms with Gasteiger partial charge in [0.25, 0.3) is 0 Å². The number of hydrazine groups is 1. The first kappa shape index (κ1) is 13.5. The van der Waals surface area contributed by atoms with E-state index >= 15 is 0 Å². The third kappa shape index (κ3) is 3.52. The summed E-state index contributed by atoms with van der Waals surface area (Å²) in [6.45, 7) is 1.93. The molecule has 0 saturated carbocycles. The van der Waals surface area contributed by atoms with Crippen molar-refractivity contribution in [3.05, 3.63) is 40.9 Å². The molecule has 19 heavy (non-hydrogen) atoms. The molecule has 0 atom stereocenters. The molecule has 2 rings (SSSR count). The van der Waals surface area contributed by atoms with Gasteiger partial charge in [0.1, 0.15) is 23.3 Å². The highest BCUT2D eigenvalue weighted by molar-refractivity contribution is 6.30. The topological polar surface area (TPSA) is 75.9 Å². The van der Waals surface area contributed by atoms with E-state index in [2.05, 4.69) is 20.7 Å². The van der Waals surface area contributed by atoms with E-state index in [1.165, 1.54) is 12.1 Å². The Morgan fingerprint density at radius 3 is 2.58 bits per heavy atom. The average molecular weight is 282 g/mol. The molecule has 7 heteroatoms. The summed E-state index contributed by atoms with van der Waals surface area (Å²) in [6.07, 6.45) is 0.661. The van der Waals surface area contributed by atoms with Crippen LogP contribution in [0, 0.1) is 5.82 Å². The minimum atomic E-state index is -0.419. The second kappa shape index (κ2) is 5.81. The maximum atomic E-state index is 13.2. The number of halogens is 2. The molecule has 1 aromatic heterocycles. The molecule has 4 N–H and O–H groups in total. The zero-order chi connectivity index (χ0) is 13.8. The number of hydrogen-bond donors (Lipinski definition) is 3. The van der Waals surface area contributed by atoms with Crippen LogP contribution in [-0.4, -0.2) is 9.97 Å². The van der Waals surface area contributed by atoms with E-state index in [0.717, 1.165) is 0 Å². The summed E-state index contributed by atoms with van der Waals surface area (Å²) in [5.74, 6) is 6.54. The number of anilines is 3. The number of aryl methyl sites for hydroxylation is 1. The van der Waals surface area contributed by atoms with E-state index in [0.29, 0.717) is 34.6 Å². The van der Waals surface area contributed by atoms with Crippen molar-refractivity contribution in [3.63, 3.8) is 0 Å².